The fourth-order valence-electron chi connectivity index (χ4n) is 3.56. The van der Waals surface area contributed by atoms with Crippen molar-refractivity contribution in [3.63, 3.8) is 0 Å². The second-order valence-corrected chi connectivity index (χ2v) is 10.3. The third kappa shape index (κ3) is 5.24. The van der Waals surface area contributed by atoms with Crippen LogP contribution in [0.3, 0.4) is 0 Å². The zero-order chi connectivity index (χ0) is 24.3. The maximum Gasteiger partial charge on any atom is 0.264 e. The molecular weight excluding hydrogens is 499 g/mol. The van der Waals surface area contributed by atoms with Crippen molar-refractivity contribution in [3.05, 3.63) is 82.3 Å². The zero-order valence-electron chi connectivity index (χ0n) is 18.2. The zero-order valence-corrected chi connectivity index (χ0v) is 20.5. The number of anilines is 1. The molecule has 0 fully saturated rings. The molecule has 10 heteroatoms. The average molecular weight is 521 g/mol. The monoisotopic (exact) mass is 520 g/mol. The van der Waals surface area contributed by atoms with Gasteiger partial charge in [0.05, 0.1) is 24.2 Å². The van der Waals surface area contributed by atoms with Crippen molar-refractivity contribution >= 4 is 44.8 Å². The molecule has 1 aliphatic heterocycles. The topological polar surface area (TPSA) is 84.9 Å². The second-order valence-electron chi connectivity index (χ2n) is 7.60. The summed E-state index contributed by atoms with van der Waals surface area (Å²) in [7, 11) is -2.50. The van der Waals surface area contributed by atoms with E-state index in [0.29, 0.717) is 28.8 Å². The number of hydrogen-bond acceptors (Lipinski definition) is 5. The van der Waals surface area contributed by atoms with Crippen molar-refractivity contribution < 1.29 is 22.7 Å². The molecule has 0 aliphatic carbocycles. The maximum absolute atomic E-state index is 13.5. The molecule has 1 heterocycles. The van der Waals surface area contributed by atoms with E-state index in [2.05, 4.69) is 5.32 Å². The van der Waals surface area contributed by atoms with Gasteiger partial charge in [0.2, 0.25) is 0 Å². The van der Waals surface area contributed by atoms with Gasteiger partial charge in [-0.15, -0.1) is 0 Å². The first kappa shape index (κ1) is 24.2. The summed E-state index contributed by atoms with van der Waals surface area (Å²) in [6.07, 6.45) is -0.442. The summed E-state index contributed by atoms with van der Waals surface area (Å²) >= 11 is 12.0. The molecule has 3 aromatic carbocycles. The number of nitrogens with zero attached hydrogens (tertiary/aromatic N) is 1. The Labute approximate surface area is 208 Å². The lowest BCUT2D eigenvalue weighted by atomic mass is 10.1. The van der Waals surface area contributed by atoms with Crippen LogP contribution in [0.2, 0.25) is 10.0 Å². The van der Waals surface area contributed by atoms with Gasteiger partial charge in [-0.3, -0.25) is 9.10 Å². The molecule has 34 heavy (non-hydrogen) atoms. The molecule has 0 spiro atoms. The van der Waals surface area contributed by atoms with Crippen molar-refractivity contribution in [2.24, 2.45) is 0 Å². The van der Waals surface area contributed by atoms with Crippen LogP contribution < -0.4 is 19.1 Å². The molecule has 1 N–H and O–H groups in total. The van der Waals surface area contributed by atoms with E-state index >= 15 is 0 Å². The van der Waals surface area contributed by atoms with Gasteiger partial charge < -0.3 is 14.8 Å². The fraction of sp³-hybridized carbons (Fsp3) is 0.208. The lowest BCUT2D eigenvalue weighted by Crippen LogP contribution is -2.51. The van der Waals surface area contributed by atoms with Crippen molar-refractivity contribution in [1.29, 1.82) is 0 Å². The highest BCUT2D eigenvalue weighted by Gasteiger charge is 2.37. The first-order chi connectivity index (χ1) is 16.3. The quantitative estimate of drug-likeness (QED) is 0.501. The van der Waals surface area contributed by atoms with Gasteiger partial charge >= 0.3 is 0 Å². The minimum absolute atomic E-state index is 0.0584. The van der Waals surface area contributed by atoms with Crippen molar-refractivity contribution in [3.8, 4) is 11.5 Å². The third-order valence-corrected chi connectivity index (χ3v) is 7.64. The number of hydrogen-bond donors (Lipinski definition) is 1. The number of nitrogens with one attached hydrogen (secondary N) is 1. The molecule has 0 bridgehead atoms. The van der Waals surface area contributed by atoms with Crippen LogP contribution >= 0.6 is 23.2 Å². The molecule has 4 rings (SSSR count). The fourth-order valence-corrected chi connectivity index (χ4v) is 5.32. The Morgan fingerprint density at radius 3 is 2.41 bits per heavy atom. The lowest BCUT2D eigenvalue weighted by molar-refractivity contribution is -0.127. The molecule has 1 amide bonds. The Bertz CT molecular complexity index is 1280. The van der Waals surface area contributed by atoms with Gasteiger partial charge in [-0.25, -0.2) is 8.42 Å². The van der Waals surface area contributed by atoms with E-state index in [1.807, 2.05) is 12.1 Å². The number of sulfonamides is 1. The average Bonchev–Trinajstić information content (AvgIpc) is 2.84. The molecule has 1 atom stereocenters. The number of carbonyl (C=O) groups excluding carboxylic acids is 1. The van der Waals surface area contributed by atoms with Crippen LogP contribution in [0.4, 0.5) is 5.69 Å². The standard InChI is InChI=1S/C24H22Cl2N2O5S/c1-32-19-7-9-20(10-8-19)34(30,31)28-15-23(33-22-11-6-18(26)14-21(22)28)24(29)27-13-12-16-2-4-17(25)5-3-16/h2-11,14,23H,12-13,15H2,1H3,(H,27,29)/t23-/m0/s1. The molecule has 0 saturated carbocycles. The van der Waals surface area contributed by atoms with Gasteiger partial charge in [0.25, 0.3) is 15.9 Å². The van der Waals surface area contributed by atoms with Crippen LogP contribution in [0.25, 0.3) is 0 Å². The van der Waals surface area contributed by atoms with E-state index in [1.165, 1.54) is 25.3 Å². The summed E-state index contributed by atoms with van der Waals surface area (Å²) in [5.41, 5.74) is 1.28. The van der Waals surface area contributed by atoms with Gasteiger partial charge in [-0.1, -0.05) is 35.3 Å². The van der Waals surface area contributed by atoms with Crippen LogP contribution in [0.1, 0.15) is 5.56 Å². The molecule has 1 aliphatic rings. The highest BCUT2D eigenvalue weighted by atomic mass is 35.5. The predicted octanol–water partition coefficient (Wildman–Crippen LogP) is 4.32. The van der Waals surface area contributed by atoms with Gasteiger partial charge in [0, 0.05) is 16.6 Å². The van der Waals surface area contributed by atoms with Crippen LogP contribution in [0.15, 0.2) is 71.6 Å². The van der Waals surface area contributed by atoms with Crippen molar-refractivity contribution in [2.45, 2.75) is 17.4 Å². The van der Waals surface area contributed by atoms with E-state index in [-0.39, 0.29) is 22.9 Å². The Morgan fingerprint density at radius 1 is 1.06 bits per heavy atom. The third-order valence-electron chi connectivity index (χ3n) is 5.36. The SMILES string of the molecule is COc1ccc(S(=O)(=O)N2C[C@@H](C(=O)NCCc3ccc(Cl)cc3)Oc3ccc(Cl)cc32)cc1. The smallest absolute Gasteiger partial charge is 0.264 e. The number of amides is 1. The number of benzene rings is 3. The first-order valence-corrected chi connectivity index (χ1v) is 12.6. The molecule has 3 aromatic rings. The highest BCUT2D eigenvalue weighted by molar-refractivity contribution is 7.92. The van der Waals surface area contributed by atoms with Crippen molar-refractivity contribution in [2.75, 3.05) is 24.5 Å². The van der Waals surface area contributed by atoms with Gasteiger partial charge in [-0.2, -0.15) is 0 Å². The van der Waals surface area contributed by atoms with Gasteiger partial charge in [0.15, 0.2) is 6.10 Å². The van der Waals surface area contributed by atoms with Crippen LogP contribution in [-0.2, 0) is 21.2 Å². The molecule has 0 unspecified atom stereocenters. The predicted molar refractivity (Wildman–Crippen MR) is 132 cm³/mol. The van der Waals surface area contributed by atoms with E-state index < -0.39 is 22.0 Å². The molecule has 0 radical (unpaired) electrons. The normalized spacial score (nSPS) is 15.3. The summed E-state index contributed by atoms with van der Waals surface area (Å²) in [5.74, 6) is 0.373. The van der Waals surface area contributed by atoms with Gasteiger partial charge in [-0.05, 0) is 66.6 Å². The van der Waals surface area contributed by atoms with Gasteiger partial charge in [0.1, 0.15) is 11.5 Å². The first-order valence-electron chi connectivity index (χ1n) is 10.4. The van der Waals surface area contributed by atoms with E-state index in [0.717, 1.165) is 9.87 Å². The number of halogens is 2. The molecular formula is C24H22Cl2N2O5S. The minimum Gasteiger partial charge on any atom is -0.497 e. The lowest BCUT2D eigenvalue weighted by Gasteiger charge is -2.35. The largest absolute Gasteiger partial charge is 0.497 e. The molecule has 0 aromatic heterocycles. The Kier molecular flexibility index (Phi) is 7.21. The van der Waals surface area contributed by atoms with Crippen LogP contribution in [0.5, 0.6) is 11.5 Å². The Morgan fingerprint density at radius 2 is 1.74 bits per heavy atom. The summed E-state index contributed by atoms with van der Waals surface area (Å²) < 4.78 is 39.1. The second kappa shape index (κ2) is 10.1. The summed E-state index contributed by atoms with van der Waals surface area (Å²) in [4.78, 5) is 12.9. The highest BCUT2D eigenvalue weighted by Crippen LogP contribution is 2.39. The maximum atomic E-state index is 13.5. The number of ether oxygens (including phenoxy) is 2. The molecule has 178 valence electrons. The van der Waals surface area contributed by atoms with Crippen LogP contribution in [0, 0.1) is 0 Å². The summed E-state index contributed by atoms with van der Waals surface area (Å²) in [5, 5.41) is 3.81. The minimum atomic E-state index is -4.00. The number of carbonyl (C=O) groups is 1. The summed E-state index contributed by atoms with van der Waals surface area (Å²) in [6, 6.07) is 18.0. The van der Waals surface area contributed by atoms with Crippen LogP contribution in [-0.4, -0.2) is 40.6 Å². The summed E-state index contributed by atoms with van der Waals surface area (Å²) in [6.45, 7) is 0.160. The Balaban J connectivity index is 1.55. The van der Waals surface area contributed by atoms with Crippen molar-refractivity contribution in [1.82, 2.24) is 5.32 Å². The number of methoxy groups -OCH3 is 1. The van der Waals surface area contributed by atoms with E-state index in [9.17, 15) is 13.2 Å². The molecule has 0 saturated heterocycles. The number of fused-ring (bicyclic) bond motifs is 1. The van der Waals surface area contributed by atoms with E-state index in [1.54, 1.807) is 36.4 Å². The Hall–Kier alpha value is -2.94. The molecule has 7 nitrogen and oxygen atoms in total. The van der Waals surface area contributed by atoms with E-state index in [4.69, 9.17) is 32.7 Å². The number of rotatable bonds is 7.